The molecule has 1 aliphatic rings. The molecule has 2 aromatic rings. The summed E-state index contributed by atoms with van der Waals surface area (Å²) < 4.78 is 10.3. The van der Waals surface area contributed by atoms with Gasteiger partial charge in [0, 0.05) is 11.0 Å². The Morgan fingerprint density at radius 2 is 1.70 bits per heavy atom. The molecule has 0 aromatic heterocycles. The molecule has 5 nitrogen and oxygen atoms in total. The van der Waals surface area contributed by atoms with Crippen molar-refractivity contribution < 1.29 is 19.4 Å². The van der Waals surface area contributed by atoms with Gasteiger partial charge in [0.2, 0.25) is 0 Å². The van der Waals surface area contributed by atoms with Gasteiger partial charge in [0.1, 0.15) is 17.6 Å². The number of rotatable bonds is 3. The van der Waals surface area contributed by atoms with Crippen LogP contribution in [-0.2, 0) is 4.79 Å². The third kappa shape index (κ3) is 3.13. The highest BCUT2D eigenvalue weighted by molar-refractivity contribution is 7.99. The first kappa shape index (κ1) is 15.7. The van der Waals surface area contributed by atoms with Crippen molar-refractivity contribution in [2.24, 2.45) is 0 Å². The Morgan fingerprint density at radius 1 is 1.04 bits per heavy atom. The Bertz CT molecular complexity index is 717. The predicted molar refractivity (Wildman–Crippen MR) is 89.2 cm³/mol. The van der Waals surface area contributed by atoms with E-state index >= 15 is 0 Å². The third-order valence-corrected chi connectivity index (χ3v) is 5.09. The lowest BCUT2D eigenvalue weighted by molar-refractivity contribution is -0.124. The van der Waals surface area contributed by atoms with Crippen molar-refractivity contribution in [3.63, 3.8) is 0 Å². The van der Waals surface area contributed by atoms with E-state index in [1.54, 1.807) is 20.3 Å². The minimum atomic E-state index is -1.15. The summed E-state index contributed by atoms with van der Waals surface area (Å²) in [6.45, 7) is 0. The fraction of sp³-hybridized carbons (Fsp3) is 0.235. The van der Waals surface area contributed by atoms with E-state index in [0.29, 0.717) is 11.4 Å². The van der Waals surface area contributed by atoms with Crippen molar-refractivity contribution in [1.29, 1.82) is 0 Å². The molecule has 0 fully saturated rings. The number of aliphatic hydroxyl groups is 1. The van der Waals surface area contributed by atoms with Crippen LogP contribution >= 0.6 is 11.8 Å². The molecule has 0 saturated heterocycles. The maximum atomic E-state index is 12.2. The van der Waals surface area contributed by atoms with E-state index < -0.39 is 17.3 Å². The normalized spacial score (nSPS) is 20.2. The Kier molecular flexibility index (Phi) is 4.45. The van der Waals surface area contributed by atoms with Crippen LogP contribution in [0.3, 0.4) is 0 Å². The SMILES string of the molecule is COc1ccc([C@H]2Sc3ccc(OC)cc3NC(=O)[C@@H]2O)cc1. The standard InChI is InChI=1S/C17H17NO4S/c1-21-11-5-3-10(4-6-11)16-15(19)17(20)18-13-9-12(22-2)7-8-14(13)23-16/h3-9,15-16,19H,1-2H3,(H,18,20)/t15-,16-/m1/s1. The second-order valence-electron chi connectivity index (χ2n) is 5.11. The van der Waals surface area contributed by atoms with Crippen molar-refractivity contribution in [2.45, 2.75) is 16.2 Å². The molecule has 0 saturated carbocycles. The molecule has 1 amide bonds. The van der Waals surface area contributed by atoms with Crippen molar-refractivity contribution in [2.75, 3.05) is 19.5 Å². The number of nitrogens with one attached hydrogen (secondary N) is 1. The minimum Gasteiger partial charge on any atom is -0.497 e. The summed E-state index contributed by atoms with van der Waals surface area (Å²) in [5, 5.41) is 12.8. The van der Waals surface area contributed by atoms with Gasteiger partial charge in [-0.3, -0.25) is 4.79 Å². The molecule has 0 spiro atoms. The van der Waals surface area contributed by atoms with Gasteiger partial charge < -0.3 is 19.9 Å². The van der Waals surface area contributed by atoms with Crippen LogP contribution in [-0.4, -0.2) is 31.3 Å². The van der Waals surface area contributed by atoms with Gasteiger partial charge in [0.25, 0.3) is 5.91 Å². The lowest BCUT2D eigenvalue weighted by atomic mass is 10.1. The molecule has 23 heavy (non-hydrogen) atoms. The maximum absolute atomic E-state index is 12.2. The molecule has 0 radical (unpaired) electrons. The van der Waals surface area contributed by atoms with Crippen LogP contribution in [0.1, 0.15) is 10.8 Å². The topological polar surface area (TPSA) is 67.8 Å². The highest BCUT2D eigenvalue weighted by atomic mass is 32.2. The zero-order valence-electron chi connectivity index (χ0n) is 12.8. The first-order chi connectivity index (χ1) is 11.1. The molecule has 2 atom stereocenters. The second-order valence-corrected chi connectivity index (χ2v) is 6.29. The number of aliphatic hydroxyl groups excluding tert-OH is 1. The van der Waals surface area contributed by atoms with Crippen LogP contribution in [0.25, 0.3) is 0 Å². The number of ether oxygens (including phenoxy) is 2. The Balaban J connectivity index is 1.97. The van der Waals surface area contributed by atoms with E-state index in [0.717, 1.165) is 16.2 Å². The largest absolute Gasteiger partial charge is 0.497 e. The highest BCUT2D eigenvalue weighted by Crippen LogP contribution is 2.44. The molecule has 6 heteroatoms. The number of carbonyl (C=O) groups is 1. The fourth-order valence-electron chi connectivity index (χ4n) is 2.43. The number of anilines is 1. The summed E-state index contributed by atoms with van der Waals surface area (Å²) in [5.74, 6) is 0.962. The number of hydrogen-bond acceptors (Lipinski definition) is 5. The summed E-state index contributed by atoms with van der Waals surface area (Å²) in [4.78, 5) is 13.1. The van der Waals surface area contributed by atoms with Gasteiger partial charge in [-0.25, -0.2) is 0 Å². The number of thioether (sulfide) groups is 1. The van der Waals surface area contributed by atoms with Gasteiger partial charge in [0.05, 0.1) is 25.2 Å². The number of amides is 1. The maximum Gasteiger partial charge on any atom is 0.254 e. The second kappa shape index (κ2) is 6.52. The zero-order chi connectivity index (χ0) is 16.4. The Hall–Kier alpha value is -2.18. The van der Waals surface area contributed by atoms with E-state index in [2.05, 4.69) is 5.32 Å². The zero-order valence-corrected chi connectivity index (χ0v) is 13.6. The van der Waals surface area contributed by atoms with Crippen molar-refractivity contribution in [3.05, 3.63) is 48.0 Å². The number of methoxy groups -OCH3 is 2. The van der Waals surface area contributed by atoms with Crippen LogP contribution in [0.4, 0.5) is 5.69 Å². The molecule has 1 aliphatic heterocycles. The fourth-order valence-corrected chi connectivity index (χ4v) is 3.63. The molecule has 0 bridgehead atoms. The Labute approximate surface area is 138 Å². The number of fused-ring (bicyclic) bond motifs is 1. The van der Waals surface area contributed by atoms with E-state index in [1.807, 2.05) is 36.4 Å². The van der Waals surface area contributed by atoms with Crippen LogP contribution in [0.15, 0.2) is 47.4 Å². The van der Waals surface area contributed by atoms with Crippen LogP contribution in [0, 0.1) is 0 Å². The molecule has 2 N–H and O–H groups in total. The first-order valence-electron chi connectivity index (χ1n) is 7.10. The molecular weight excluding hydrogens is 314 g/mol. The van der Waals surface area contributed by atoms with Gasteiger partial charge in [0.15, 0.2) is 0 Å². The van der Waals surface area contributed by atoms with E-state index in [1.165, 1.54) is 11.8 Å². The molecule has 0 unspecified atom stereocenters. The van der Waals surface area contributed by atoms with Gasteiger partial charge >= 0.3 is 0 Å². The molecule has 2 aromatic carbocycles. The van der Waals surface area contributed by atoms with Gasteiger partial charge in [-0.15, -0.1) is 11.8 Å². The van der Waals surface area contributed by atoms with E-state index in [9.17, 15) is 9.90 Å². The van der Waals surface area contributed by atoms with Crippen molar-refractivity contribution >= 4 is 23.4 Å². The Morgan fingerprint density at radius 3 is 2.35 bits per heavy atom. The number of benzene rings is 2. The first-order valence-corrected chi connectivity index (χ1v) is 7.98. The monoisotopic (exact) mass is 331 g/mol. The lowest BCUT2D eigenvalue weighted by Gasteiger charge is -2.19. The molecule has 1 heterocycles. The number of carbonyl (C=O) groups excluding carboxylic acids is 1. The summed E-state index contributed by atoms with van der Waals surface area (Å²) in [5.41, 5.74) is 1.51. The van der Waals surface area contributed by atoms with Crippen LogP contribution < -0.4 is 14.8 Å². The molecule has 120 valence electrons. The van der Waals surface area contributed by atoms with Crippen molar-refractivity contribution in [3.8, 4) is 11.5 Å². The quantitative estimate of drug-likeness (QED) is 0.905. The summed E-state index contributed by atoms with van der Waals surface area (Å²) in [7, 11) is 3.17. The average molecular weight is 331 g/mol. The van der Waals surface area contributed by atoms with E-state index in [-0.39, 0.29) is 0 Å². The average Bonchev–Trinajstić information content (AvgIpc) is 2.71. The molecular formula is C17H17NO4S. The number of hydrogen-bond donors (Lipinski definition) is 2. The predicted octanol–water partition coefficient (Wildman–Crippen LogP) is 2.85. The molecule has 3 rings (SSSR count). The van der Waals surface area contributed by atoms with Gasteiger partial charge in [-0.05, 0) is 29.8 Å². The van der Waals surface area contributed by atoms with E-state index in [4.69, 9.17) is 9.47 Å². The van der Waals surface area contributed by atoms with Crippen LogP contribution in [0.2, 0.25) is 0 Å². The van der Waals surface area contributed by atoms with Crippen molar-refractivity contribution in [1.82, 2.24) is 0 Å². The van der Waals surface area contributed by atoms with Gasteiger partial charge in [-0.1, -0.05) is 12.1 Å². The highest BCUT2D eigenvalue weighted by Gasteiger charge is 2.32. The van der Waals surface area contributed by atoms with Gasteiger partial charge in [-0.2, -0.15) is 0 Å². The third-order valence-electron chi connectivity index (χ3n) is 3.70. The summed E-state index contributed by atoms with van der Waals surface area (Å²) in [6, 6.07) is 12.8. The van der Waals surface area contributed by atoms with Crippen LogP contribution in [0.5, 0.6) is 11.5 Å². The minimum absolute atomic E-state index is 0.393. The smallest absolute Gasteiger partial charge is 0.254 e. The summed E-state index contributed by atoms with van der Waals surface area (Å²) in [6.07, 6.45) is -1.15. The molecule has 0 aliphatic carbocycles. The summed E-state index contributed by atoms with van der Waals surface area (Å²) >= 11 is 1.45. The lowest BCUT2D eigenvalue weighted by Crippen LogP contribution is -2.30.